The number of benzene rings is 2. The van der Waals surface area contributed by atoms with Gasteiger partial charge in [-0.05, 0) is 43.2 Å². The second-order valence-electron chi connectivity index (χ2n) is 10.6. The minimum atomic E-state index is -1.52. The molecule has 0 aliphatic carbocycles. The van der Waals surface area contributed by atoms with Crippen molar-refractivity contribution in [3.05, 3.63) is 52.6 Å². The first-order valence-electron chi connectivity index (χ1n) is 13.3. The number of carbonyl (C=O) groups excluding carboxylic acids is 1. The van der Waals surface area contributed by atoms with Crippen LogP contribution in [0.4, 0.5) is 38.0 Å². The third-order valence-corrected chi connectivity index (χ3v) is 7.31. The second kappa shape index (κ2) is 12.1. The monoisotopic (exact) mass is 603 g/mol. The third kappa shape index (κ3) is 6.60. The Labute approximate surface area is 245 Å². The van der Waals surface area contributed by atoms with Crippen LogP contribution in [0.2, 0.25) is 5.02 Å². The number of hydrogen-bond donors (Lipinski definition) is 7. The number of hydrogen-bond acceptors (Lipinski definition) is 12. The lowest BCUT2D eigenvalue weighted by Crippen LogP contribution is -2.54. The number of rotatable bonds is 6. The SMILES string of the molecule is N[C@@H]1C[C@H](N)CN(c2nc(Nc3ccc(NC(=O)c4ccc(F)c(F)c4O)c(Cl)c3)nc(N3C[C@H](N)C[C@H](N)C3)n2)C1. The minimum absolute atomic E-state index is 0.117. The molecule has 224 valence electrons. The number of carbonyl (C=O) groups is 1. The summed E-state index contributed by atoms with van der Waals surface area (Å²) in [5.41, 5.74) is 25.0. The van der Waals surface area contributed by atoms with Crippen molar-refractivity contribution in [2.75, 3.05) is 46.6 Å². The molecule has 3 heterocycles. The molecule has 0 bridgehead atoms. The summed E-state index contributed by atoms with van der Waals surface area (Å²) in [7, 11) is 0. The molecule has 2 saturated heterocycles. The summed E-state index contributed by atoms with van der Waals surface area (Å²) in [5.74, 6) is -3.78. The molecule has 1 amide bonds. The van der Waals surface area contributed by atoms with Gasteiger partial charge in [0, 0.05) is 56.0 Å². The van der Waals surface area contributed by atoms with Crippen LogP contribution in [0.1, 0.15) is 23.2 Å². The van der Waals surface area contributed by atoms with Gasteiger partial charge in [-0.2, -0.15) is 19.3 Å². The maximum Gasteiger partial charge on any atom is 0.259 e. The number of aromatic nitrogens is 3. The van der Waals surface area contributed by atoms with Crippen molar-refractivity contribution in [3.63, 3.8) is 0 Å². The molecule has 5 rings (SSSR count). The van der Waals surface area contributed by atoms with E-state index >= 15 is 0 Å². The Morgan fingerprint density at radius 2 is 1.43 bits per heavy atom. The van der Waals surface area contributed by atoms with Crippen LogP contribution in [0.5, 0.6) is 5.75 Å². The van der Waals surface area contributed by atoms with Crippen molar-refractivity contribution in [1.82, 2.24) is 15.0 Å². The largest absolute Gasteiger partial charge is 0.504 e. The van der Waals surface area contributed by atoms with Gasteiger partial charge in [-0.3, -0.25) is 4.79 Å². The predicted octanol–water partition coefficient (Wildman–Crippen LogP) is 1.23. The van der Waals surface area contributed by atoms with Gasteiger partial charge in [0.05, 0.1) is 16.3 Å². The maximum absolute atomic E-state index is 13.7. The quantitative estimate of drug-likeness (QED) is 0.212. The summed E-state index contributed by atoms with van der Waals surface area (Å²) in [6.07, 6.45) is 1.37. The number of aromatic hydroxyl groups is 1. The number of nitrogens with zero attached hydrogens (tertiary/aromatic N) is 5. The molecule has 0 spiro atoms. The maximum atomic E-state index is 13.7. The predicted molar refractivity (Wildman–Crippen MR) is 156 cm³/mol. The Bertz CT molecular complexity index is 1420. The van der Waals surface area contributed by atoms with E-state index in [1.54, 1.807) is 6.07 Å². The Morgan fingerprint density at radius 1 is 0.881 bits per heavy atom. The average molecular weight is 604 g/mol. The summed E-state index contributed by atoms with van der Waals surface area (Å²) < 4.78 is 27.0. The Kier molecular flexibility index (Phi) is 8.56. The van der Waals surface area contributed by atoms with Gasteiger partial charge in [0.2, 0.25) is 23.7 Å². The molecule has 11 N–H and O–H groups in total. The average Bonchev–Trinajstić information content (AvgIpc) is 2.92. The molecular weight excluding hydrogens is 572 g/mol. The molecule has 0 unspecified atom stereocenters. The van der Waals surface area contributed by atoms with Crippen molar-refractivity contribution < 1.29 is 18.7 Å². The zero-order chi connectivity index (χ0) is 30.1. The third-order valence-electron chi connectivity index (χ3n) is 7.00. The number of amides is 1. The van der Waals surface area contributed by atoms with E-state index in [2.05, 4.69) is 20.6 Å². The molecule has 0 radical (unpaired) electrons. The standard InChI is InChI=1S/C26H32ClF2N11O2/c27-18-7-16(1-4-20(18)35-23(42)17-2-3-19(28)21(29)22(17)41)34-24-36-25(39-8-12(30)5-13(31)9-39)38-26(37-24)40-10-14(32)6-15(33)11-40/h1-4,7,12-15,41H,5-6,8-11,30-33H2,(H,35,42)(H,34,36,37,38)/t12-,13+,14-,15+. The van der Waals surface area contributed by atoms with E-state index in [0.717, 1.165) is 12.1 Å². The van der Waals surface area contributed by atoms with Crippen molar-refractivity contribution in [2.45, 2.75) is 37.0 Å². The lowest BCUT2D eigenvalue weighted by atomic mass is 10.0. The zero-order valence-electron chi connectivity index (χ0n) is 22.5. The van der Waals surface area contributed by atoms with Crippen molar-refractivity contribution in [1.29, 1.82) is 0 Å². The number of phenols is 1. The smallest absolute Gasteiger partial charge is 0.259 e. The van der Waals surface area contributed by atoms with Gasteiger partial charge in [-0.1, -0.05) is 11.6 Å². The highest BCUT2D eigenvalue weighted by molar-refractivity contribution is 6.34. The van der Waals surface area contributed by atoms with Gasteiger partial charge < -0.3 is 48.5 Å². The van der Waals surface area contributed by atoms with E-state index in [4.69, 9.17) is 39.5 Å². The molecule has 2 fully saturated rings. The number of nitrogens with one attached hydrogen (secondary N) is 2. The fourth-order valence-corrected chi connectivity index (χ4v) is 5.34. The van der Waals surface area contributed by atoms with Crippen LogP contribution in [-0.2, 0) is 0 Å². The fraction of sp³-hybridized carbons (Fsp3) is 0.385. The first kappa shape index (κ1) is 29.6. The van der Waals surface area contributed by atoms with Gasteiger partial charge >= 0.3 is 0 Å². The molecule has 2 aromatic carbocycles. The molecule has 0 saturated carbocycles. The summed E-state index contributed by atoms with van der Waals surface area (Å²) in [6, 6.07) is 5.76. The van der Waals surface area contributed by atoms with Crippen LogP contribution in [0.3, 0.4) is 0 Å². The first-order chi connectivity index (χ1) is 20.0. The van der Waals surface area contributed by atoms with Crippen LogP contribution in [0, 0.1) is 11.6 Å². The molecule has 13 nitrogen and oxygen atoms in total. The van der Waals surface area contributed by atoms with Crippen LogP contribution in [0.25, 0.3) is 0 Å². The Morgan fingerprint density at radius 3 is 1.95 bits per heavy atom. The number of piperidine rings is 2. The van der Waals surface area contributed by atoms with Crippen LogP contribution < -0.4 is 43.4 Å². The second-order valence-corrected chi connectivity index (χ2v) is 11.0. The van der Waals surface area contributed by atoms with Crippen LogP contribution in [-0.4, -0.2) is 76.3 Å². The van der Waals surface area contributed by atoms with Gasteiger partial charge in [0.25, 0.3) is 5.91 Å². The van der Waals surface area contributed by atoms with Gasteiger partial charge in [0.15, 0.2) is 11.6 Å². The minimum Gasteiger partial charge on any atom is -0.504 e. The zero-order valence-corrected chi connectivity index (χ0v) is 23.2. The summed E-state index contributed by atoms with van der Waals surface area (Å²) in [4.78, 5) is 30.3. The van der Waals surface area contributed by atoms with E-state index in [-0.39, 0.29) is 40.8 Å². The molecular formula is C26H32ClF2N11O2. The Hall–Kier alpha value is -3.89. The normalized spacial score (nSPS) is 22.6. The van der Waals surface area contributed by atoms with E-state index < -0.39 is 28.9 Å². The van der Waals surface area contributed by atoms with Gasteiger partial charge in [-0.15, -0.1) is 0 Å². The fourth-order valence-electron chi connectivity index (χ4n) is 5.11. The molecule has 1 aromatic heterocycles. The number of phenolic OH excluding ortho intramolecular Hbond substituents is 1. The van der Waals surface area contributed by atoms with Gasteiger partial charge in [0.1, 0.15) is 0 Å². The van der Waals surface area contributed by atoms with E-state index in [0.29, 0.717) is 56.6 Å². The summed E-state index contributed by atoms with van der Waals surface area (Å²) in [6.45, 7) is 2.07. The number of halogens is 3. The van der Waals surface area contributed by atoms with E-state index in [1.807, 2.05) is 9.80 Å². The molecule has 2 aliphatic rings. The molecule has 16 heteroatoms. The molecule has 4 atom stereocenters. The van der Waals surface area contributed by atoms with E-state index in [9.17, 15) is 18.7 Å². The van der Waals surface area contributed by atoms with Crippen LogP contribution in [0.15, 0.2) is 30.3 Å². The first-order valence-corrected chi connectivity index (χ1v) is 13.7. The lowest BCUT2D eigenvalue weighted by Gasteiger charge is -2.37. The van der Waals surface area contributed by atoms with Gasteiger partial charge in [-0.25, -0.2) is 4.39 Å². The topological polar surface area (TPSA) is 211 Å². The molecule has 42 heavy (non-hydrogen) atoms. The van der Waals surface area contributed by atoms with Crippen molar-refractivity contribution in [2.24, 2.45) is 22.9 Å². The highest BCUT2D eigenvalue weighted by Gasteiger charge is 2.29. The highest BCUT2D eigenvalue weighted by Crippen LogP contribution is 2.30. The van der Waals surface area contributed by atoms with Crippen LogP contribution >= 0.6 is 11.6 Å². The summed E-state index contributed by atoms with van der Waals surface area (Å²) in [5, 5.41) is 15.5. The number of anilines is 5. The molecule has 2 aliphatic heterocycles. The lowest BCUT2D eigenvalue weighted by molar-refractivity contribution is 0.102. The Balaban J connectivity index is 1.40. The van der Waals surface area contributed by atoms with E-state index in [1.165, 1.54) is 12.1 Å². The highest BCUT2D eigenvalue weighted by atomic mass is 35.5. The molecule has 3 aromatic rings. The van der Waals surface area contributed by atoms with Crippen molar-refractivity contribution in [3.8, 4) is 5.75 Å². The number of nitrogens with two attached hydrogens (primary N) is 4. The van der Waals surface area contributed by atoms with Crippen molar-refractivity contribution >= 4 is 46.7 Å². The summed E-state index contributed by atoms with van der Waals surface area (Å²) >= 11 is 6.42.